The minimum atomic E-state index is -1.11. The maximum atomic E-state index is 13.5. The maximum Gasteiger partial charge on any atom is 0.354 e. The molecule has 0 saturated heterocycles. The van der Waals surface area contributed by atoms with Gasteiger partial charge in [-0.2, -0.15) is 4.68 Å². The fraction of sp³-hybridized carbons (Fsp3) is 0.565. The summed E-state index contributed by atoms with van der Waals surface area (Å²) >= 11 is 0. The second-order valence-electron chi connectivity index (χ2n) is 10.1. The third-order valence-electron chi connectivity index (χ3n) is 4.63. The van der Waals surface area contributed by atoms with E-state index in [4.69, 9.17) is 14.2 Å². The average Bonchev–Trinajstić information content (AvgIpc) is 2.87. The standard InChI is InChI=1S/C23H33N3O5/c1-21(2,3)29-15-14-17-18(30-22(4,5)6)31-23(7,8)26-20(28)24(19(27)25(17)26)16-12-10-9-11-13-16/h9-15,17-18H,1-8H3/b15-14-/t17-,18+/m1/s1. The molecule has 0 aliphatic carbocycles. The van der Waals surface area contributed by atoms with Gasteiger partial charge in [-0.05, 0) is 73.6 Å². The summed E-state index contributed by atoms with van der Waals surface area (Å²) in [6.45, 7) is 15.0. The smallest absolute Gasteiger partial charge is 0.354 e. The van der Waals surface area contributed by atoms with Gasteiger partial charge in [-0.1, -0.05) is 18.2 Å². The summed E-state index contributed by atoms with van der Waals surface area (Å²) in [5, 5.41) is 0. The van der Waals surface area contributed by atoms with E-state index in [2.05, 4.69) is 0 Å². The topological polar surface area (TPSA) is 76.6 Å². The molecule has 1 aromatic heterocycles. The summed E-state index contributed by atoms with van der Waals surface area (Å²) in [5.41, 5.74) is -2.52. The van der Waals surface area contributed by atoms with Crippen LogP contribution in [0.5, 0.6) is 0 Å². The summed E-state index contributed by atoms with van der Waals surface area (Å²) in [6.07, 6.45) is 2.43. The first-order valence-corrected chi connectivity index (χ1v) is 10.4. The van der Waals surface area contributed by atoms with Crippen molar-refractivity contribution < 1.29 is 14.2 Å². The Bertz CT molecular complexity index is 1060. The van der Waals surface area contributed by atoms with Gasteiger partial charge < -0.3 is 14.2 Å². The van der Waals surface area contributed by atoms with E-state index in [1.165, 1.54) is 15.6 Å². The van der Waals surface area contributed by atoms with Crippen molar-refractivity contribution in [2.24, 2.45) is 0 Å². The van der Waals surface area contributed by atoms with Gasteiger partial charge in [0.2, 0.25) is 0 Å². The lowest BCUT2D eigenvalue weighted by Gasteiger charge is -2.43. The highest BCUT2D eigenvalue weighted by atomic mass is 16.7. The number of ether oxygens (including phenoxy) is 3. The van der Waals surface area contributed by atoms with Crippen LogP contribution in [-0.2, 0) is 19.9 Å². The van der Waals surface area contributed by atoms with Gasteiger partial charge in [-0.25, -0.2) is 18.8 Å². The minimum absolute atomic E-state index is 0.410. The van der Waals surface area contributed by atoms with Gasteiger partial charge >= 0.3 is 11.4 Å². The first-order valence-electron chi connectivity index (χ1n) is 10.4. The van der Waals surface area contributed by atoms with Crippen molar-refractivity contribution in [3.05, 3.63) is 63.6 Å². The van der Waals surface area contributed by atoms with Gasteiger partial charge in [-0.3, -0.25) is 0 Å². The lowest BCUT2D eigenvalue weighted by molar-refractivity contribution is -0.300. The molecule has 2 atom stereocenters. The Morgan fingerprint density at radius 3 is 2.13 bits per heavy atom. The number of nitrogens with zero attached hydrogens (tertiary/aromatic N) is 3. The highest BCUT2D eigenvalue weighted by Gasteiger charge is 2.44. The molecular formula is C23H33N3O5. The molecule has 0 fully saturated rings. The monoisotopic (exact) mass is 431 g/mol. The molecule has 1 aliphatic heterocycles. The zero-order chi connectivity index (χ0) is 23.2. The highest BCUT2D eigenvalue weighted by molar-refractivity contribution is 5.30. The fourth-order valence-electron chi connectivity index (χ4n) is 3.46. The minimum Gasteiger partial charge on any atom is -0.496 e. The van der Waals surface area contributed by atoms with Gasteiger partial charge in [0.25, 0.3) is 0 Å². The largest absolute Gasteiger partial charge is 0.496 e. The number of para-hydroxylation sites is 1. The van der Waals surface area contributed by atoms with E-state index >= 15 is 0 Å². The van der Waals surface area contributed by atoms with Gasteiger partial charge in [0, 0.05) is 0 Å². The van der Waals surface area contributed by atoms with Crippen LogP contribution in [0.3, 0.4) is 0 Å². The van der Waals surface area contributed by atoms with E-state index in [9.17, 15) is 9.59 Å². The quantitative estimate of drug-likeness (QED) is 0.692. The number of hydrogen-bond donors (Lipinski definition) is 0. The zero-order valence-corrected chi connectivity index (χ0v) is 19.6. The second kappa shape index (κ2) is 7.84. The second-order valence-corrected chi connectivity index (χ2v) is 10.1. The van der Waals surface area contributed by atoms with Crippen LogP contribution in [0.4, 0.5) is 0 Å². The number of rotatable bonds is 4. The van der Waals surface area contributed by atoms with Crippen LogP contribution in [0, 0.1) is 0 Å². The predicted molar refractivity (Wildman–Crippen MR) is 118 cm³/mol. The van der Waals surface area contributed by atoms with Crippen molar-refractivity contribution in [1.29, 1.82) is 0 Å². The summed E-state index contributed by atoms with van der Waals surface area (Å²) in [7, 11) is 0. The van der Waals surface area contributed by atoms with Gasteiger partial charge in [-0.15, -0.1) is 0 Å². The molecule has 0 spiro atoms. The number of fused-ring (bicyclic) bond motifs is 1. The molecule has 1 aliphatic rings. The summed E-state index contributed by atoms with van der Waals surface area (Å²) in [5.74, 6) is 0. The number of hydrogen-bond acceptors (Lipinski definition) is 5. The molecule has 0 unspecified atom stereocenters. The van der Waals surface area contributed by atoms with Crippen LogP contribution in [0.1, 0.15) is 61.4 Å². The van der Waals surface area contributed by atoms with Crippen LogP contribution in [0.2, 0.25) is 0 Å². The lowest BCUT2D eigenvalue weighted by Crippen LogP contribution is -2.55. The molecule has 170 valence electrons. The molecule has 0 radical (unpaired) electrons. The molecule has 0 amide bonds. The van der Waals surface area contributed by atoms with Crippen molar-refractivity contribution in [2.45, 2.75) is 84.6 Å². The molecule has 0 bridgehead atoms. The molecule has 1 aromatic carbocycles. The van der Waals surface area contributed by atoms with E-state index in [0.29, 0.717) is 5.69 Å². The molecule has 8 nitrogen and oxygen atoms in total. The Kier molecular flexibility index (Phi) is 5.84. The summed E-state index contributed by atoms with van der Waals surface area (Å²) in [4.78, 5) is 26.9. The Labute approximate surface area is 182 Å². The third kappa shape index (κ3) is 4.85. The number of benzene rings is 1. The SMILES string of the molecule is CC(C)(C)O/C=C\[C@@H]1[C@@H](OC(C)(C)C)OC(C)(C)n2c(=O)n(-c3ccccc3)c(=O)n21. The van der Waals surface area contributed by atoms with E-state index in [-0.39, 0.29) is 0 Å². The molecule has 2 aromatic rings. The van der Waals surface area contributed by atoms with Crippen LogP contribution in [0.15, 0.2) is 52.3 Å². The van der Waals surface area contributed by atoms with Crippen LogP contribution in [-0.4, -0.2) is 31.4 Å². The van der Waals surface area contributed by atoms with Crippen molar-refractivity contribution in [3.8, 4) is 5.69 Å². The average molecular weight is 432 g/mol. The number of aromatic nitrogens is 3. The molecule has 2 heterocycles. The van der Waals surface area contributed by atoms with E-state index in [1.807, 2.05) is 47.6 Å². The van der Waals surface area contributed by atoms with E-state index in [0.717, 1.165) is 4.57 Å². The first kappa shape index (κ1) is 23.1. The highest BCUT2D eigenvalue weighted by Crippen LogP contribution is 2.33. The van der Waals surface area contributed by atoms with Crippen molar-refractivity contribution in [1.82, 2.24) is 13.9 Å². The zero-order valence-electron chi connectivity index (χ0n) is 19.6. The molecular weight excluding hydrogens is 398 g/mol. The molecule has 0 N–H and O–H groups in total. The Balaban J connectivity index is 2.22. The van der Waals surface area contributed by atoms with Gasteiger partial charge in [0.1, 0.15) is 6.04 Å². The Hall–Kier alpha value is -2.58. The Morgan fingerprint density at radius 2 is 1.58 bits per heavy atom. The van der Waals surface area contributed by atoms with E-state index in [1.54, 1.807) is 44.2 Å². The van der Waals surface area contributed by atoms with Crippen LogP contribution in [0.25, 0.3) is 5.69 Å². The molecule has 8 heteroatoms. The van der Waals surface area contributed by atoms with E-state index < -0.39 is 40.6 Å². The fourth-order valence-corrected chi connectivity index (χ4v) is 3.46. The normalized spacial score (nSPS) is 21.3. The molecule has 3 rings (SSSR count). The predicted octanol–water partition coefficient (Wildman–Crippen LogP) is 3.53. The van der Waals surface area contributed by atoms with Crippen molar-refractivity contribution >= 4 is 0 Å². The summed E-state index contributed by atoms with van der Waals surface area (Å²) < 4.78 is 22.0. The molecule has 0 saturated carbocycles. The van der Waals surface area contributed by atoms with Crippen molar-refractivity contribution in [3.63, 3.8) is 0 Å². The molecule has 31 heavy (non-hydrogen) atoms. The van der Waals surface area contributed by atoms with Gasteiger partial charge in [0.05, 0.1) is 23.2 Å². The summed E-state index contributed by atoms with van der Waals surface area (Å²) in [6, 6.07) is 8.13. The first-order chi connectivity index (χ1) is 14.2. The van der Waals surface area contributed by atoms with Crippen LogP contribution >= 0.6 is 0 Å². The lowest BCUT2D eigenvalue weighted by atomic mass is 10.1. The maximum absolute atomic E-state index is 13.5. The van der Waals surface area contributed by atoms with Crippen LogP contribution < -0.4 is 11.4 Å². The van der Waals surface area contributed by atoms with Crippen molar-refractivity contribution in [2.75, 3.05) is 0 Å². The van der Waals surface area contributed by atoms with Gasteiger partial charge in [0.15, 0.2) is 12.0 Å². The third-order valence-corrected chi connectivity index (χ3v) is 4.63. The Morgan fingerprint density at radius 1 is 0.968 bits per heavy atom.